The van der Waals surface area contributed by atoms with Crippen molar-refractivity contribution in [3.05, 3.63) is 0 Å². The summed E-state index contributed by atoms with van der Waals surface area (Å²) in [6.07, 6.45) is 1.81. The zero-order chi connectivity index (χ0) is 7.83. The van der Waals surface area contributed by atoms with E-state index in [1.807, 2.05) is 0 Å². The van der Waals surface area contributed by atoms with Crippen LogP contribution in [0.2, 0.25) is 0 Å². The maximum Gasteiger partial charge on any atom is 0.209 e. The summed E-state index contributed by atoms with van der Waals surface area (Å²) in [7, 11) is -3.31. The average Bonchev–Trinajstić information content (AvgIpc) is 2.45. The van der Waals surface area contributed by atoms with Gasteiger partial charge < -0.3 is 5.73 Å². The SMILES string of the molecule is Cl.NCC1(CS(N)(=O)=O)CC1. The van der Waals surface area contributed by atoms with Crippen LogP contribution < -0.4 is 10.9 Å². The van der Waals surface area contributed by atoms with Gasteiger partial charge in [-0.3, -0.25) is 0 Å². The van der Waals surface area contributed by atoms with Crippen molar-refractivity contribution in [2.75, 3.05) is 12.3 Å². The van der Waals surface area contributed by atoms with Gasteiger partial charge in [0.15, 0.2) is 0 Å². The van der Waals surface area contributed by atoms with Gasteiger partial charge in [-0.25, -0.2) is 13.6 Å². The molecular weight excluding hydrogens is 188 g/mol. The Bertz CT molecular complexity index is 223. The van der Waals surface area contributed by atoms with Crippen molar-refractivity contribution in [3.8, 4) is 0 Å². The number of halogens is 1. The first-order valence-corrected chi connectivity index (χ1v) is 4.90. The smallest absolute Gasteiger partial charge is 0.209 e. The molecule has 6 heteroatoms. The first kappa shape index (κ1) is 11.2. The van der Waals surface area contributed by atoms with Crippen molar-refractivity contribution in [1.82, 2.24) is 0 Å². The first-order chi connectivity index (χ1) is 4.47. The number of nitrogens with two attached hydrogens (primary N) is 2. The van der Waals surface area contributed by atoms with E-state index in [2.05, 4.69) is 0 Å². The molecule has 0 spiro atoms. The third kappa shape index (κ3) is 3.37. The normalized spacial score (nSPS) is 20.5. The van der Waals surface area contributed by atoms with E-state index in [0.29, 0.717) is 6.54 Å². The van der Waals surface area contributed by atoms with Gasteiger partial charge in [-0.05, 0) is 24.8 Å². The van der Waals surface area contributed by atoms with Crippen molar-refractivity contribution >= 4 is 22.4 Å². The van der Waals surface area contributed by atoms with E-state index in [1.54, 1.807) is 0 Å². The molecule has 0 aromatic rings. The summed E-state index contributed by atoms with van der Waals surface area (Å²) in [5.41, 5.74) is 5.20. The minimum absolute atomic E-state index is 0. The Labute approximate surface area is 72.8 Å². The molecule has 1 rings (SSSR count). The molecule has 0 aliphatic heterocycles. The lowest BCUT2D eigenvalue weighted by Crippen LogP contribution is -2.29. The molecule has 0 heterocycles. The van der Waals surface area contributed by atoms with Gasteiger partial charge in [0.05, 0.1) is 5.75 Å². The summed E-state index contributed by atoms with van der Waals surface area (Å²) >= 11 is 0. The molecule has 1 saturated carbocycles. The minimum Gasteiger partial charge on any atom is -0.330 e. The van der Waals surface area contributed by atoms with E-state index in [1.165, 1.54) is 0 Å². The summed E-state index contributed by atoms with van der Waals surface area (Å²) < 4.78 is 21.1. The van der Waals surface area contributed by atoms with Crippen LogP contribution in [-0.2, 0) is 10.0 Å². The Morgan fingerprint density at radius 3 is 1.91 bits per heavy atom. The molecule has 0 radical (unpaired) electrons. The molecule has 4 nitrogen and oxygen atoms in total. The maximum absolute atomic E-state index is 10.6. The highest BCUT2D eigenvalue weighted by atomic mass is 35.5. The molecule has 0 amide bonds. The molecule has 1 fully saturated rings. The minimum atomic E-state index is -3.31. The number of sulfonamides is 1. The van der Waals surface area contributed by atoms with Gasteiger partial charge in [0.2, 0.25) is 10.0 Å². The topological polar surface area (TPSA) is 86.2 Å². The fourth-order valence-electron chi connectivity index (χ4n) is 1.01. The second kappa shape index (κ2) is 3.26. The quantitative estimate of drug-likeness (QED) is 0.640. The van der Waals surface area contributed by atoms with Gasteiger partial charge in [0.25, 0.3) is 0 Å². The molecule has 0 aromatic heterocycles. The van der Waals surface area contributed by atoms with Crippen molar-refractivity contribution < 1.29 is 8.42 Å². The number of primary sulfonamides is 1. The molecule has 0 atom stereocenters. The van der Waals surface area contributed by atoms with Gasteiger partial charge >= 0.3 is 0 Å². The summed E-state index contributed by atoms with van der Waals surface area (Å²) in [4.78, 5) is 0. The lowest BCUT2D eigenvalue weighted by molar-refractivity contribution is 0.548. The van der Waals surface area contributed by atoms with Crippen LogP contribution in [0.1, 0.15) is 12.8 Å². The first-order valence-electron chi connectivity index (χ1n) is 3.18. The van der Waals surface area contributed by atoms with Crippen LogP contribution in [0.25, 0.3) is 0 Å². The van der Waals surface area contributed by atoms with E-state index in [0.717, 1.165) is 12.8 Å². The molecular formula is C5H13ClN2O2S. The Balaban J connectivity index is 0.000001000. The lowest BCUT2D eigenvalue weighted by Gasteiger charge is -2.08. The highest BCUT2D eigenvalue weighted by Gasteiger charge is 2.43. The third-order valence-electron chi connectivity index (χ3n) is 1.90. The summed E-state index contributed by atoms with van der Waals surface area (Å²) in [5, 5.41) is 4.85. The van der Waals surface area contributed by atoms with E-state index in [9.17, 15) is 8.42 Å². The number of hydrogen-bond acceptors (Lipinski definition) is 3. The fraction of sp³-hybridized carbons (Fsp3) is 1.00. The zero-order valence-corrected chi connectivity index (χ0v) is 7.75. The number of hydrogen-bond donors (Lipinski definition) is 2. The summed E-state index contributed by atoms with van der Waals surface area (Å²) in [6, 6.07) is 0. The molecule has 1 aliphatic carbocycles. The highest BCUT2D eigenvalue weighted by molar-refractivity contribution is 7.89. The summed E-state index contributed by atoms with van der Waals surface area (Å²) in [5.74, 6) is 0.0521. The molecule has 68 valence electrons. The van der Waals surface area contributed by atoms with Crippen molar-refractivity contribution in [1.29, 1.82) is 0 Å². The van der Waals surface area contributed by atoms with Gasteiger partial charge in [-0.15, -0.1) is 12.4 Å². The van der Waals surface area contributed by atoms with Crippen LogP contribution in [0.4, 0.5) is 0 Å². The molecule has 0 saturated heterocycles. The predicted octanol–water partition coefficient (Wildman–Crippen LogP) is -0.564. The number of rotatable bonds is 3. The fourth-order valence-corrected chi connectivity index (χ4v) is 2.27. The van der Waals surface area contributed by atoms with Crippen LogP contribution in [0, 0.1) is 5.41 Å². The standard InChI is InChI=1S/C5H12N2O2S.ClH/c6-3-5(1-2-5)4-10(7,8)9;/h1-4,6H2,(H2,7,8,9);1H. The van der Waals surface area contributed by atoms with Crippen LogP contribution in [0.5, 0.6) is 0 Å². The Kier molecular flexibility index (Phi) is 3.31. The Morgan fingerprint density at radius 1 is 1.36 bits per heavy atom. The van der Waals surface area contributed by atoms with Crippen LogP contribution in [0.15, 0.2) is 0 Å². The Morgan fingerprint density at radius 2 is 1.82 bits per heavy atom. The van der Waals surface area contributed by atoms with Crippen molar-refractivity contribution in [2.24, 2.45) is 16.3 Å². The van der Waals surface area contributed by atoms with Crippen molar-refractivity contribution in [2.45, 2.75) is 12.8 Å². The molecule has 4 N–H and O–H groups in total. The maximum atomic E-state index is 10.6. The molecule has 0 unspecified atom stereocenters. The van der Waals surface area contributed by atoms with E-state index < -0.39 is 10.0 Å². The van der Waals surface area contributed by atoms with Crippen LogP contribution in [-0.4, -0.2) is 20.7 Å². The van der Waals surface area contributed by atoms with Gasteiger partial charge in [0, 0.05) is 0 Å². The van der Waals surface area contributed by atoms with Gasteiger partial charge in [-0.2, -0.15) is 0 Å². The largest absolute Gasteiger partial charge is 0.330 e. The van der Waals surface area contributed by atoms with Crippen LogP contribution in [0.3, 0.4) is 0 Å². The molecule has 11 heavy (non-hydrogen) atoms. The highest BCUT2D eigenvalue weighted by Crippen LogP contribution is 2.45. The van der Waals surface area contributed by atoms with E-state index >= 15 is 0 Å². The van der Waals surface area contributed by atoms with Crippen LogP contribution >= 0.6 is 12.4 Å². The third-order valence-corrected chi connectivity index (χ3v) is 2.91. The molecule has 1 aliphatic rings. The monoisotopic (exact) mass is 200 g/mol. The zero-order valence-electron chi connectivity index (χ0n) is 6.12. The second-order valence-electron chi connectivity index (χ2n) is 3.01. The lowest BCUT2D eigenvalue weighted by atomic mass is 10.1. The molecule has 0 bridgehead atoms. The summed E-state index contributed by atoms with van der Waals surface area (Å²) in [6.45, 7) is 0.434. The average molecular weight is 201 g/mol. The predicted molar refractivity (Wildman–Crippen MR) is 45.9 cm³/mol. The van der Waals surface area contributed by atoms with E-state index in [4.69, 9.17) is 10.9 Å². The second-order valence-corrected chi connectivity index (χ2v) is 4.63. The van der Waals surface area contributed by atoms with Gasteiger partial charge in [0.1, 0.15) is 0 Å². The Hall–Kier alpha value is 0.160. The molecule has 0 aromatic carbocycles. The van der Waals surface area contributed by atoms with Crippen molar-refractivity contribution in [3.63, 3.8) is 0 Å². The van der Waals surface area contributed by atoms with E-state index in [-0.39, 0.29) is 23.6 Å². The van der Waals surface area contributed by atoms with Gasteiger partial charge in [-0.1, -0.05) is 0 Å².